The number of ether oxygens (including phenoxy) is 3. The van der Waals surface area contributed by atoms with E-state index in [9.17, 15) is 4.39 Å². The standard InChI is InChI=1S/C22H28ClFN4O3/c1-29-20-13-19-16(12-21(20)31-8-2-5-28-6-9-30-10-7-28)22(26-14-25-19)27-15-3-4-18(24)17(23)11-15/h3-4,11-13,22,25-27H,2,5-10,14H2,1H3. The summed E-state index contributed by atoms with van der Waals surface area (Å²) >= 11 is 5.93. The van der Waals surface area contributed by atoms with Crippen LogP contribution in [0.15, 0.2) is 30.3 Å². The van der Waals surface area contributed by atoms with Crippen LogP contribution in [0.5, 0.6) is 11.5 Å². The molecule has 2 aliphatic rings. The van der Waals surface area contributed by atoms with Crippen molar-refractivity contribution in [3.05, 3.63) is 46.7 Å². The maximum Gasteiger partial charge on any atom is 0.162 e. The number of hydrogen-bond donors (Lipinski definition) is 3. The molecular formula is C22H28ClFN4O3. The zero-order chi connectivity index (χ0) is 21.6. The Morgan fingerprint density at radius 1 is 1.23 bits per heavy atom. The molecule has 3 N–H and O–H groups in total. The Kier molecular flexibility index (Phi) is 7.34. The van der Waals surface area contributed by atoms with Gasteiger partial charge in [0.05, 0.1) is 38.6 Å². The second-order valence-electron chi connectivity index (χ2n) is 7.51. The van der Waals surface area contributed by atoms with Crippen molar-refractivity contribution >= 4 is 23.0 Å². The molecule has 7 nitrogen and oxygen atoms in total. The van der Waals surface area contributed by atoms with Crippen LogP contribution in [0.3, 0.4) is 0 Å². The summed E-state index contributed by atoms with van der Waals surface area (Å²) in [7, 11) is 1.64. The number of rotatable bonds is 8. The molecule has 0 amide bonds. The molecule has 168 valence electrons. The molecule has 2 heterocycles. The molecule has 4 rings (SSSR count). The van der Waals surface area contributed by atoms with Crippen molar-refractivity contribution < 1.29 is 18.6 Å². The number of hydrogen-bond acceptors (Lipinski definition) is 7. The van der Waals surface area contributed by atoms with E-state index in [1.807, 2.05) is 12.1 Å². The highest BCUT2D eigenvalue weighted by Crippen LogP contribution is 2.38. The molecule has 0 bridgehead atoms. The molecule has 2 aromatic carbocycles. The van der Waals surface area contributed by atoms with Crippen LogP contribution < -0.4 is 25.4 Å². The molecule has 1 unspecified atom stereocenters. The number of nitrogens with zero attached hydrogens (tertiary/aromatic N) is 1. The lowest BCUT2D eigenvalue weighted by molar-refractivity contribution is 0.0357. The fourth-order valence-electron chi connectivity index (χ4n) is 3.77. The Balaban J connectivity index is 1.44. The van der Waals surface area contributed by atoms with Gasteiger partial charge in [-0.15, -0.1) is 0 Å². The summed E-state index contributed by atoms with van der Waals surface area (Å²) in [6.07, 6.45) is 0.728. The fourth-order valence-corrected chi connectivity index (χ4v) is 3.96. The molecule has 0 aliphatic carbocycles. The largest absolute Gasteiger partial charge is 0.493 e. The second kappa shape index (κ2) is 10.4. The quantitative estimate of drug-likeness (QED) is 0.530. The van der Waals surface area contributed by atoms with Gasteiger partial charge >= 0.3 is 0 Å². The van der Waals surface area contributed by atoms with Crippen molar-refractivity contribution in [1.29, 1.82) is 0 Å². The third-order valence-electron chi connectivity index (χ3n) is 5.44. The summed E-state index contributed by atoms with van der Waals surface area (Å²) < 4.78 is 30.5. The zero-order valence-electron chi connectivity index (χ0n) is 17.5. The molecule has 2 aliphatic heterocycles. The van der Waals surface area contributed by atoms with Gasteiger partial charge in [0.15, 0.2) is 11.5 Å². The predicted molar refractivity (Wildman–Crippen MR) is 120 cm³/mol. The van der Waals surface area contributed by atoms with Gasteiger partial charge < -0.3 is 24.8 Å². The van der Waals surface area contributed by atoms with E-state index in [0.717, 1.165) is 56.2 Å². The topological polar surface area (TPSA) is 67.0 Å². The molecular weight excluding hydrogens is 423 g/mol. The van der Waals surface area contributed by atoms with Gasteiger partial charge in [0.1, 0.15) is 12.0 Å². The molecule has 9 heteroatoms. The molecule has 0 aromatic heterocycles. The van der Waals surface area contributed by atoms with Crippen LogP contribution in [-0.4, -0.2) is 58.1 Å². The number of anilines is 2. The van der Waals surface area contributed by atoms with Crippen molar-refractivity contribution in [3.8, 4) is 11.5 Å². The van der Waals surface area contributed by atoms with Gasteiger partial charge in [-0.3, -0.25) is 10.2 Å². The average molecular weight is 451 g/mol. The molecule has 0 spiro atoms. The van der Waals surface area contributed by atoms with E-state index in [2.05, 4.69) is 20.9 Å². The summed E-state index contributed by atoms with van der Waals surface area (Å²) in [4.78, 5) is 2.39. The Hall–Kier alpha value is -2.26. The van der Waals surface area contributed by atoms with Gasteiger partial charge in [-0.2, -0.15) is 0 Å². The van der Waals surface area contributed by atoms with E-state index >= 15 is 0 Å². The Morgan fingerprint density at radius 3 is 2.84 bits per heavy atom. The van der Waals surface area contributed by atoms with Crippen molar-refractivity contribution in [2.24, 2.45) is 0 Å². The van der Waals surface area contributed by atoms with E-state index < -0.39 is 5.82 Å². The summed E-state index contributed by atoms with van der Waals surface area (Å²) in [6.45, 7) is 5.69. The first kappa shape index (κ1) is 22.0. The number of methoxy groups -OCH3 is 1. The van der Waals surface area contributed by atoms with Gasteiger partial charge in [0.25, 0.3) is 0 Å². The van der Waals surface area contributed by atoms with Crippen LogP contribution >= 0.6 is 11.6 Å². The Bertz CT molecular complexity index is 895. The number of halogens is 2. The molecule has 0 saturated carbocycles. The lowest BCUT2D eigenvalue weighted by atomic mass is 10.1. The monoisotopic (exact) mass is 450 g/mol. The molecule has 1 fully saturated rings. The predicted octanol–water partition coefficient (Wildman–Crippen LogP) is 3.67. The lowest BCUT2D eigenvalue weighted by Crippen LogP contribution is -2.37. The highest BCUT2D eigenvalue weighted by atomic mass is 35.5. The third-order valence-corrected chi connectivity index (χ3v) is 5.73. The number of morpholine rings is 1. The first-order valence-electron chi connectivity index (χ1n) is 10.5. The van der Waals surface area contributed by atoms with Gasteiger partial charge in [0, 0.05) is 42.6 Å². The van der Waals surface area contributed by atoms with Gasteiger partial charge in [-0.05, 0) is 30.7 Å². The van der Waals surface area contributed by atoms with Crippen LogP contribution in [-0.2, 0) is 4.74 Å². The minimum absolute atomic E-state index is 0.0816. The maximum absolute atomic E-state index is 13.5. The van der Waals surface area contributed by atoms with Crippen LogP contribution in [0.25, 0.3) is 0 Å². The molecule has 31 heavy (non-hydrogen) atoms. The van der Waals surface area contributed by atoms with Crippen molar-refractivity contribution in [2.45, 2.75) is 12.6 Å². The molecule has 1 atom stereocenters. The number of fused-ring (bicyclic) bond motifs is 1. The molecule has 1 saturated heterocycles. The normalized spacial score (nSPS) is 18.7. The van der Waals surface area contributed by atoms with E-state index in [-0.39, 0.29) is 11.2 Å². The van der Waals surface area contributed by atoms with Crippen LogP contribution in [0, 0.1) is 5.82 Å². The van der Waals surface area contributed by atoms with Gasteiger partial charge in [-0.1, -0.05) is 11.6 Å². The summed E-state index contributed by atoms with van der Waals surface area (Å²) in [5.74, 6) is 0.934. The Morgan fingerprint density at radius 2 is 2.06 bits per heavy atom. The smallest absolute Gasteiger partial charge is 0.162 e. The van der Waals surface area contributed by atoms with E-state index in [4.69, 9.17) is 25.8 Å². The summed E-state index contributed by atoms with van der Waals surface area (Å²) in [6, 6.07) is 8.51. The zero-order valence-corrected chi connectivity index (χ0v) is 18.3. The minimum atomic E-state index is -0.441. The minimum Gasteiger partial charge on any atom is -0.493 e. The third kappa shape index (κ3) is 5.51. The molecule has 0 radical (unpaired) electrons. The first-order valence-corrected chi connectivity index (χ1v) is 10.9. The summed E-state index contributed by atoms with van der Waals surface area (Å²) in [5.41, 5.74) is 2.65. The Labute approximate surface area is 186 Å². The maximum atomic E-state index is 13.5. The van der Waals surface area contributed by atoms with E-state index in [1.165, 1.54) is 6.07 Å². The summed E-state index contributed by atoms with van der Waals surface area (Å²) in [5, 5.41) is 10.1. The van der Waals surface area contributed by atoms with Gasteiger partial charge in [-0.25, -0.2) is 4.39 Å². The first-order chi connectivity index (χ1) is 15.1. The van der Waals surface area contributed by atoms with Crippen molar-refractivity contribution in [2.75, 3.05) is 63.9 Å². The van der Waals surface area contributed by atoms with Crippen LogP contribution in [0.4, 0.5) is 15.8 Å². The van der Waals surface area contributed by atoms with Crippen LogP contribution in [0.1, 0.15) is 18.2 Å². The fraction of sp³-hybridized carbons (Fsp3) is 0.455. The van der Waals surface area contributed by atoms with Gasteiger partial charge in [0.2, 0.25) is 0 Å². The highest BCUT2D eigenvalue weighted by Gasteiger charge is 2.23. The van der Waals surface area contributed by atoms with Crippen molar-refractivity contribution in [1.82, 2.24) is 10.2 Å². The second-order valence-corrected chi connectivity index (χ2v) is 7.92. The number of benzene rings is 2. The van der Waals surface area contributed by atoms with Crippen molar-refractivity contribution in [3.63, 3.8) is 0 Å². The lowest BCUT2D eigenvalue weighted by Gasteiger charge is -2.30. The van der Waals surface area contributed by atoms with E-state index in [1.54, 1.807) is 19.2 Å². The number of nitrogens with one attached hydrogen (secondary N) is 3. The molecule has 2 aromatic rings. The van der Waals surface area contributed by atoms with Crippen LogP contribution in [0.2, 0.25) is 5.02 Å². The highest BCUT2D eigenvalue weighted by molar-refractivity contribution is 6.31. The average Bonchev–Trinajstić information content (AvgIpc) is 2.79. The SMILES string of the molecule is COc1cc2c(cc1OCCCN1CCOCC1)C(Nc1ccc(F)c(Cl)c1)NCN2. The van der Waals surface area contributed by atoms with E-state index in [0.29, 0.717) is 24.8 Å².